The van der Waals surface area contributed by atoms with Gasteiger partial charge in [-0.1, -0.05) is 11.6 Å². The molecule has 0 aliphatic rings. The molecule has 1 aromatic carbocycles. The molecule has 0 saturated carbocycles. The highest BCUT2D eigenvalue weighted by molar-refractivity contribution is 6.30. The molecule has 0 aliphatic heterocycles. The standard InChI is InChI=1S/C14H13ClFN3O2/c15-12-9-11(3-4-13(12)16)21-10-14(20)19(7-1-5-17)8-2-6-18/h3-4,9H,1-2,7-8,10H2. The van der Waals surface area contributed by atoms with E-state index in [1.165, 1.54) is 17.0 Å². The Morgan fingerprint density at radius 3 is 2.43 bits per heavy atom. The lowest BCUT2D eigenvalue weighted by Crippen LogP contribution is -2.36. The first-order valence-electron chi connectivity index (χ1n) is 6.18. The molecule has 7 heteroatoms. The number of halogens is 2. The van der Waals surface area contributed by atoms with E-state index < -0.39 is 5.82 Å². The second-order valence-corrected chi connectivity index (χ2v) is 4.47. The first-order chi connectivity index (χ1) is 10.1. The summed E-state index contributed by atoms with van der Waals surface area (Å²) in [6, 6.07) is 7.67. The topological polar surface area (TPSA) is 77.1 Å². The smallest absolute Gasteiger partial charge is 0.260 e. The summed E-state index contributed by atoms with van der Waals surface area (Å²) in [5.41, 5.74) is 0. The first kappa shape index (κ1) is 16.7. The van der Waals surface area contributed by atoms with Crippen molar-refractivity contribution in [2.24, 2.45) is 0 Å². The third kappa shape index (κ3) is 5.68. The van der Waals surface area contributed by atoms with Crippen LogP contribution in [0.1, 0.15) is 12.8 Å². The predicted octanol–water partition coefficient (Wildman–Crippen LogP) is 2.51. The number of carbonyl (C=O) groups is 1. The number of amides is 1. The maximum atomic E-state index is 13.0. The lowest BCUT2D eigenvalue weighted by molar-refractivity contribution is -0.133. The van der Waals surface area contributed by atoms with Gasteiger partial charge in [0.2, 0.25) is 0 Å². The van der Waals surface area contributed by atoms with Gasteiger partial charge in [0, 0.05) is 19.2 Å². The fraction of sp³-hybridized carbons (Fsp3) is 0.357. The average Bonchev–Trinajstić information content (AvgIpc) is 2.48. The summed E-state index contributed by atoms with van der Waals surface area (Å²) in [5, 5.41) is 17.0. The Kier molecular flexibility index (Phi) is 7.00. The van der Waals surface area contributed by atoms with Crippen molar-refractivity contribution in [2.45, 2.75) is 12.8 Å². The van der Waals surface area contributed by atoms with Gasteiger partial charge >= 0.3 is 0 Å². The minimum atomic E-state index is -0.569. The van der Waals surface area contributed by atoms with Gasteiger partial charge in [-0.05, 0) is 12.1 Å². The van der Waals surface area contributed by atoms with Gasteiger partial charge < -0.3 is 9.64 Å². The second-order valence-electron chi connectivity index (χ2n) is 4.06. The van der Waals surface area contributed by atoms with Crippen molar-refractivity contribution in [3.8, 4) is 17.9 Å². The Bertz CT molecular complexity index is 563. The molecule has 0 aromatic heterocycles. The van der Waals surface area contributed by atoms with Crippen molar-refractivity contribution in [3.63, 3.8) is 0 Å². The van der Waals surface area contributed by atoms with Gasteiger partial charge in [-0.2, -0.15) is 10.5 Å². The fourth-order valence-corrected chi connectivity index (χ4v) is 1.70. The van der Waals surface area contributed by atoms with Crippen LogP contribution in [0.4, 0.5) is 4.39 Å². The van der Waals surface area contributed by atoms with Crippen molar-refractivity contribution in [3.05, 3.63) is 29.0 Å². The van der Waals surface area contributed by atoms with Gasteiger partial charge in [-0.15, -0.1) is 0 Å². The van der Waals surface area contributed by atoms with Crippen molar-refractivity contribution in [1.82, 2.24) is 4.90 Å². The van der Waals surface area contributed by atoms with Gasteiger partial charge in [-0.3, -0.25) is 4.79 Å². The Morgan fingerprint density at radius 1 is 1.29 bits per heavy atom. The molecule has 5 nitrogen and oxygen atoms in total. The second kappa shape index (κ2) is 8.78. The molecule has 0 radical (unpaired) electrons. The molecule has 21 heavy (non-hydrogen) atoms. The lowest BCUT2D eigenvalue weighted by Gasteiger charge is -2.20. The van der Waals surface area contributed by atoms with E-state index in [1.54, 1.807) is 0 Å². The summed E-state index contributed by atoms with van der Waals surface area (Å²) in [6.07, 6.45) is 0.360. The number of rotatable bonds is 7. The van der Waals surface area contributed by atoms with E-state index >= 15 is 0 Å². The molecular formula is C14H13ClFN3O2. The number of ether oxygens (including phenoxy) is 1. The lowest BCUT2D eigenvalue weighted by atomic mass is 10.3. The highest BCUT2D eigenvalue weighted by Crippen LogP contribution is 2.21. The van der Waals surface area contributed by atoms with Gasteiger partial charge in [0.15, 0.2) is 6.61 Å². The minimum absolute atomic E-state index is 0.0919. The Morgan fingerprint density at radius 2 is 1.90 bits per heavy atom. The quantitative estimate of drug-likeness (QED) is 0.775. The zero-order valence-corrected chi connectivity index (χ0v) is 11.9. The van der Waals surface area contributed by atoms with Crippen LogP contribution in [0.5, 0.6) is 5.75 Å². The molecule has 0 unspecified atom stereocenters. The molecule has 0 saturated heterocycles. The zero-order valence-electron chi connectivity index (χ0n) is 11.2. The first-order valence-corrected chi connectivity index (χ1v) is 6.55. The Hall–Kier alpha value is -2.31. The normalized spacial score (nSPS) is 9.52. The van der Waals surface area contributed by atoms with E-state index in [4.69, 9.17) is 26.9 Å². The van der Waals surface area contributed by atoms with Crippen molar-refractivity contribution < 1.29 is 13.9 Å². The number of carbonyl (C=O) groups excluding carboxylic acids is 1. The molecule has 0 fully saturated rings. The van der Waals surface area contributed by atoms with Crippen LogP contribution in [-0.4, -0.2) is 30.5 Å². The predicted molar refractivity (Wildman–Crippen MR) is 73.9 cm³/mol. The molecule has 1 rings (SSSR count). The highest BCUT2D eigenvalue weighted by Gasteiger charge is 2.14. The van der Waals surface area contributed by atoms with Crippen LogP contribution in [0.3, 0.4) is 0 Å². The van der Waals surface area contributed by atoms with Crippen LogP contribution in [-0.2, 0) is 4.79 Å². The van der Waals surface area contributed by atoms with Crippen molar-refractivity contribution >= 4 is 17.5 Å². The number of nitrogens with zero attached hydrogens (tertiary/aromatic N) is 3. The van der Waals surface area contributed by atoms with Gasteiger partial charge in [-0.25, -0.2) is 4.39 Å². The number of benzene rings is 1. The molecular weight excluding hydrogens is 297 g/mol. The van der Waals surface area contributed by atoms with E-state index in [-0.39, 0.29) is 49.2 Å². The zero-order chi connectivity index (χ0) is 15.7. The summed E-state index contributed by atoms with van der Waals surface area (Å²) in [5.74, 6) is -0.642. The van der Waals surface area contributed by atoms with Crippen LogP contribution in [0, 0.1) is 28.5 Å². The third-order valence-corrected chi connectivity index (χ3v) is 2.88. The van der Waals surface area contributed by atoms with Gasteiger partial charge in [0.25, 0.3) is 5.91 Å². The summed E-state index contributed by atoms with van der Waals surface area (Å²) >= 11 is 5.61. The largest absolute Gasteiger partial charge is 0.484 e. The van der Waals surface area contributed by atoms with Crippen LogP contribution < -0.4 is 4.74 Å². The van der Waals surface area contributed by atoms with Crippen molar-refractivity contribution in [1.29, 1.82) is 10.5 Å². The maximum absolute atomic E-state index is 13.0. The van der Waals surface area contributed by atoms with Gasteiger partial charge in [0.1, 0.15) is 11.6 Å². The summed E-state index contributed by atoms with van der Waals surface area (Å²) in [7, 11) is 0. The van der Waals surface area contributed by atoms with E-state index in [0.717, 1.165) is 6.07 Å². The fourth-order valence-electron chi connectivity index (χ4n) is 1.53. The molecule has 0 N–H and O–H groups in total. The van der Waals surface area contributed by atoms with Gasteiger partial charge in [0.05, 0.1) is 30.0 Å². The average molecular weight is 310 g/mol. The monoisotopic (exact) mass is 309 g/mol. The molecule has 0 spiro atoms. The number of hydrogen-bond donors (Lipinski definition) is 0. The van der Waals surface area contributed by atoms with E-state index in [9.17, 15) is 9.18 Å². The SMILES string of the molecule is N#CCCN(CCC#N)C(=O)COc1ccc(F)c(Cl)c1. The Balaban J connectivity index is 2.57. The number of nitriles is 2. The molecule has 0 heterocycles. The summed E-state index contributed by atoms with van der Waals surface area (Å²) in [6.45, 7) is 0.216. The molecule has 0 atom stereocenters. The van der Waals surface area contributed by atoms with E-state index in [0.29, 0.717) is 0 Å². The maximum Gasteiger partial charge on any atom is 0.260 e. The molecule has 0 bridgehead atoms. The van der Waals surface area contributed by atoms with Crippen LogP contribution >= 0.6 is 11.6 Å². The van der Waals surface area contributed by atoms with E-state index in [1.807, 2.05) is 12.1 Å². The highest BCUT2D eigenvalue weighted by atomic mass is 35.5. The molecule has 1 aromatic rings. The van der Waals surface area contributed by atoms with Crippen LogP contribution in [0.25, 0.3) is 0 Å². The van der Waals surface area contributed by atoms with E-state index in [2.05, 4.69) is 0 Å². The minimum Gasteiger partial charge on any atom is -0.484 e. The molecule has 0 aliphatic carbocycles. The van der Waals surface area contributed by atoms with Crippen LogP contribution in [0.2, 0.25) is 5.02 Å². The molecule has 110 valence electrons. The molecule has 1 amide bonds. The summed E-state index contributed by atoms with van der Waals surface area (Å²) < 4.78 is 18.2. The number of hydrogen-bond acceptors (Lipinski definition) is 4. The third-order valence-electron chi connectivity index (χ3n) is 2.59. The Labute approximate surface area is 127 Å². The van der Waals surface area contributed by atoms with Crippen molar-refractivity contribution in [2.75, 3.05) is 19.7 Å². The van der Waals surface area contributed by atoms with Crippen LogP contribution in [0.15, 0.2) is 18.2 Å². The summed E-state index contributed by atoms with van der Waals surface area (Å²) in [4.78, 5) is 13.3.